The SMILES string of the molecule is Cc1cc(Cl)cc2c1OC1(CCN(C(=O)/C=C\c3ccc4c(c3)OCCO4)CC1)CC2=O. The summed E-state index contributed by atoms with van der Waals surface area (Å²) in [4.78, 5) is 27.3. The molecule has 3 heterocycles. The number of benzene rings is 2. The number of piperidine rings is 1. The van der Waals surface area contributed by atoms with E-state index in [1.165, 1.54) is 0 Å². The van der Waals surface area contributed by atoms with Crippen LogP contribution in [-0.4, -0.2) is 48.5 Å². The van der Waals surface area contributed by atoms with Crippen LogP contribution in [-0.2, 0) is 4.79 Å². The normalized spacial score (nSPS) is 19.1. The van der Waals surface area contributed by atoms with Crippen molar-refractivity contribution in [2.45, 2.75) is 31.8 Å². The molecule has 7 heteroatoms. The summed E-state index contributed by atoms with van der Waals surface area (Å²) in [6.45, 7) is 4.05. The maximum atomic E-state index is 12.8. The van der Waals surface area contributed by atoms with Crippen LogP contribution in [0.25, 0.3) is 6.08 Å². The van der Waals surface area contributed by atoms with Crippen LogP contribution >= 0.6 is 11.6 Å². The zero-order valence-electron chi connectivity index (χ0n) is 17.9. The number of ether oxygens (including phenoxy) is 3. The molecule has 3 aliphatic heterocycles. The van der Waals surface area contributed by atoms with Gasteiger partial charge in [-0.1, -0.05) is 17.7 Å². The molecule has 1 amide bonds. The second-order valence-corrected chi connectivity index (χ2v) is 8.98. The number of carbonyl (C=O) groups excluding carboxylic acids is 2. The average Bonchev–Trinajstić information content (AvgIpc) is 2.79. The summed E-state index contributed by atoms with van der Waals surface area (Å²) >= 11 is 6.12. The Labute approximate surface area is 191 Å². The van der Waals surface area contributed by atoms with Gasteiger partial charge in [-0.25, -0.2) is 0 Å². The number of carbonyl (C=O) groups is 2. The lowest BCUT2D eigenvalue weighted by Crippen LogP contribution is -2.52. The number of aryl methyl sites for hydroxylation is 1. The molecule has 6 nitrogen and oxygen atoms in total. The molecular formula is C25H24ClNO5. The molecule has 3 aliphatic rings. The van der Waals surface area contributed by atoms with Crippen molar-refractivity contribution in [3.8, 4) is 17.2 Å². The second kappa shape index (κ2) is 8.17. The van der Waals surface area contributed by atoms with E-state index in [1.807, 2.05) is 31.2 Å². The summed E-state index contributed by atoms with van der Waals surface area (Å²) in [5.41, 5.74) is 1.74. The Hall–Kier alpha value is -2.99. The Morgan fingerprint density at radius 1 is 1.09 bits per heavy atom. The molecule has 1 fully saturated rings. The molecular weight excluding hydrogens is 430 g/mol. The van der Waals surface area contributed by atoms with Gasteiger partial charge >= 0.3 is 0 Å². The summed E-state index contributed by atoms with van der Waals surface area (Å²) in [6.07, 6.45) is 4.91. The van der Waals surface area contributed by atoms with Gasteiger partial charge in [0.15, 0.2) is 17.3 Å². The topological polar surface area (TPSA) is 65.1 Å². The van der Waals surface area contributed by atoms with Gasteiger partial charge in [0.05, 0.1) is 12.0 Å². The fourth-order valence-corrected chi connectivity index (χ4v) is 4.84. The molecule has 1 spiro atoms. The van der Waals surface area contributed by atoms with Crippen LogP contribution in [0.5, 0.6) is 17.2 Å². The number of halogens is 1. The lowest BCUT2D eigenvalue weighted by Gasteiger charge is -2.44. The van der Waals surface area contributed by atoms with Crippen LogP contribution in [0.4, 0.5) is 0 Å². The molecule has 0 radical (unpaired) electrons. The van der Waals surface area contributed by atoms with Gasteiger partial charge in [-0.2, -0.15) is 0 Å². The minimum Gasteiger partial charge on any atom is -0.486 e. The highest BCUT2D eigenvalue weighted by Gasteiger charge is 2.44. The van der Waals surface area contributed by atoms with Crippen LogP contribution in [0.1, 0.15) is 40.7 Å². The summed E-state index contributed by atoms with van der Waals surface area (Å²) in [5, 5.41) is 0.541. The third-order valence-corrected chi connectivity index (χ3v) is 6.53. The molecule has 0 aromatic heterocycles. The van der Waals surface area contributed by atoms with E-state index in [0.29, 0.717) is 67.7 Å². The fourth-order valence-electron chi connectivity index (χ4n) is 4.56. The fraction of sp³-hybridized carbons (Fsp3) is 0.360. The van der Waals surface area contributed by atoms with Crippen LogP contribution in [0.15, 0.2) is 36.4 Å². The van der Waals surface area contributed by atoms with Gasteiger partial charge in [-0.3, -0.25) is 9.59 Å². The van der Waals surface area contributed by atoms with E-state index in [-0.39, 0.29) is 11.7 Å². The molecule has 0 aliphatic carbocycles. The zero-order valence-corrected chi connectivity index (χ0v) is 18.6. The molecule has 0 saturated carbocycles. The summed E-state index contributed by atoms with van der Waals surface area (Å²) < 4.78 is 17.5. The zero-order chi connectivity index (χ0) is 22.3. The van der Waals surface area contributed by atoms with Crippen LogP contribution < -0.4 is 14.2 Å². The van der Waals surface area contributed by atoms with Crippen molar-refractivity contribution >= 4 is 29.4 Å². The number of fused-ring (bicyclic) bond motifs is 2. The molecule has 0 atom stereocenters. The van der Waals surface area contributed by atoms with E-state index in [4.69, 9.17) is 25.8 Å². The molecule has 0 N–H and O–H groups in total. The average molecular weight is 454 g/mol. The number of hydrogen-bond donors (Lipinski definition) is 0. The number of hydrogen-bond acceptors (Lipinski definition) is 5. The van der Waals surface area contributed by atoms with Gasteiger partial charge in [0.2, 0.25) is 5.91 Å². The van der Waals surface area contributed by atoms with E-state index >= 15 is 0 Å². The quantitative estimate of drug-likeness (QED) is 0.628. The summed E-state index contributed by atoms with van der Waals surface area (Å²) in [6, 6.07) is 9.12. The lowest BCUT2D eigenvalue weighted by molar-refractivity contribution is -0.129. The molecule has 5 rings (SSSR count). The van der Waals surface area contributed by atoms with Gasteiger partial charge in [0.1, 0.15) is 24.6 Å². The van der Waals surface area contributed by atoms with Crippen molar-refractivity contribution in [2.75, 3.05) is 26.3 Å². The van der Waals surface area contributed by atoms with E-state index < -0.39 is 5.60 Å². The highest BCUT2D eigenvalue weighted by Crippen LogP contribution is 2.42. The van der Waals surface area contributed by atoms with E-state index in [1.54, 1.807) is 23.1 Å². The number of ketones is 1. The van der Waals surface area contributed by atoms with Crippen LogP contribution in [0, 0.1) is 6.92 Å². The summed E-state index contributed by atoms with van der Waals surface area (Å²) in [5.74, 6) is 2.04. The number of nitrogens with zero attached hydrogens (tertiary/aromatic N) is 1. The van der Waals surface area contributed by atoms with Crippen LogP contribution in [0.2, 0.25) is 5.02 Å². The first-order valence-electron chi connectivity index (χ1n) is 10.8. The molecule has 1 saturated heterocycles. The minimum absolute atomic E-state index is 0.0510. The second-order valence-electron chi connectivity index (χ2n) is 8.55. The number of Topliss-reactive ketones (excluding diaryl/α,β-unsaturated/α-hetero) is 1. The minimum atomic E-state index is -0.557. The smallest absolute Gasteiger partial charge is 0.246 e. The molecule has 2 aromatic rings. The molecule has 32 heavy (non-hydrogen) atoms. The first-order chi connectivity index (χ1) is 15.4. The first-order valence-corrected chi connectivity index (χ1v) is 11.2. The number of amides is 1. The Morgan fingerprint density at radius 3 is 2.62 bits per heavy atom. The molecule has 0 bridgehead atoms. The highest BCUT2D eigenvalue weighted by atomic mass is 35.5. The maximum absolute atomic E-state index is 12.8. The van der Waals surface area contributed by atoms with Gasteiger partial charge in [0, 0.05) is 37.0 Å². The standard InChI is InChI=1S/C25H24ClNO5/c1-16-12-18(26)14-19-20(28)15-25(32-24(16)19)6-8-27(9-7-25)23(29)5-3-17-2-4-21-22(13-17)31-11-10-30-21/h2-5,12-14H,6-11,15H2,1H3/b5-3-. The van der Waals surface area contributed by atoms with Crippen molar-refractivity contribution in [1.29, 1.82) is 0 Å². The predicted octanol–water partition coefficient (Wildman–Crippen LogP) is 4.46. The Bertz CT molecular complexity index is 1120. The van der Waals surface area contributed by atoms with E-state index in [9.17, 15) is 9.59 Å². The molecule has 2 aromatic carbocycles. The monoisotopic (exact) mass is 453 g/mol. The Morgan fingerprint density at radius 2 is 1.84 bits per heavy atom. The highest BCUT2D eigenvalue weighted by molar-refractivity contribution is 6.31. The van der Waals surface area contributed by atoms with Gasteiger partial charge in [-0.15, -0.1) is 0 Å². The maximum Gasteiger partial charge on any atom is 0.246 e. The third kappa shape index (κ3) is 3.95. The van der Waals surface area contributed by atoms with Gasteiger partial charge < -0.3 is 19.1 Å². The Balaban J connectivity index is 1.24. The predicted molar refractivity (Wildman–Crippen MR) is 121 cm³/mol. The van der Waals surface area contributed by atoms with Crippen molar-refractivity contribution in [3.63, 3.8) is 0 Å². The third-order valence-electron chi connectivity index (χ3n) is 6.31. The summed E-state index contributed by atoms with van der Waals surface area (Å²) in [7, 11) is 0. The molecule has 0 unspecified atom stereocenters. The van der Waals surface area contributed by atoms with Gasteiger partial charge in [-0.05, 0) is 48.4 Å². The van der Waals surface area contributed by atoms with Crippen molar-refractivity contribution in [3.05, 3.63) is 58.1 Å². The Kier molecular flexibility index (Phi) is 5.33. The van der Waals surface area contributed by atoms with Crippen molar-refractivity contribution in [1.82, 2.24) is 4.90 Å². The molecule has 166 valence electrons. The van der Waals surface area contributed by atoms with E-state index in [0.717, 1.165) is 16.9 Å². The van der Waals surface area contributed by atoms with Crippen molar-refractivity contribution in [2.24, 2.45) is 0 Å². The van der Waals surface area contributed by atoms with Crippen molar-refractivity contribution < 1.29 is 23.8 Å². The van der Waals surface area contributed by atoms with Crippen LogP contribution in [0.3, 0.4) is 0 Å². The largest absolute Gasteiger partial charge is 0.486 e. The number of likely N-dealkylation sites (tertiary alicyclic amines) is 1. The van der Waals surface area contributed by atoms with Gasteiger partial charge in [0.25, 0.3) is 0 Å². The van der Waals surface area contributed by atoms with E-state index in [2.05, 4.69) is 0 Å². The number of rotatable bonds is 2. The lowest BCUT2D eigenvalue weighted by atomic mass is 9.82. The first kappa shape index (κ1) is 20.9.